The molecule has 0 aliphatic rings. The molecule has 3 heterocycles. The van der Waals surface area contributed by atoms with Crippen LogP contribution in [0.25, 0.3) is 5.65 Å². The lowest BCUT2D eigenvalue weighted by Crippen LogP contribution is -2.25. The van der Waals surface area contributed by atoms with Crippen LogP contribution in [0.5, 0.6) is 5.88 Å². The van der Waals surface area contributed by atoms with Crippen LogP contribution in [0.1, 0.15) is 32.4 Å². The molecule has 2 N–H and O–H groups in total. The van der Waals surface area contributed by atoms with Crippen LogP contribution in [0.4, 0.5) is 11.5 Å². The van der Waals surface area contributed by atoms with E-state index in [1.54, 1.807) is 0 Å². The molecule has 0 bridgehead atoms. The van der Waals surface area contributed by atoms with Gasteiger partial charge in [0.15, 0.2) is 0 Å². The Kier molecular flexibility index (Phi) is 5.94. The number of fused-ring (bicyclic) bond motifs is 1. The van der Waals surface area contributed by atoms with Crippen molar-refractivity contribution < 1.29 is 4.74 Å². The number of hydrogen-bond donors (Lipinski definition) is 1. The van der Waals surface area contributed by atoms with Gasteiger partial charge in [0.05, 0.1) is 6.61 Å². The quantitative estimate of drug-likeness (QED) is 0.637. The van der Waals surface area contributed by atoms with E-state index in [9.17, 15) is 0 Å². The highest BCUT2D eigenvalue weighted by Crippen LogP contribution is 2.23. The van der Waals surface area contributed by atoms with Gasteiger partial charge in [-0.2, -0.15) is 4.98 Å². The average molecular weight is 353 g/mol. The van der Waals surface area contributed by atoms with Crippen molar-refractivity contribution in [2.45, 2.75) is 33.1 Å². The summed E-state index contributed by atoms with van der Waals surface area (Å²) in [4.78, 5) is 11.1. The molecule has 0 saturated carbocycles. The second-order valence-corrected chi connectivity index (χ2v) is 6.35. The molecule has 3 aromatic rings. The third kappa shape index (κ3) is 4.25. The van der Waals surface area contributed by atoms with E-state index in [0.717, 1.165) is 49.4 Å². The van der Waals surface area contributed by atoms with Crippen LogP contribution in [-0.2, 0) is 6.42 Å². The first-order chi connectivity index (χ1) is 12.7. The zero-order chi connectivity index (χ0) is 18.4. The number of ether oxygens (including phenoxy) is 1. The van der Waals surface area contributed by atoms with Gasteiger partial charge in [0.1, 0.15) is 11.5 Å². The maximum Gasteiger partial charge on any atom is 0.217 e. The monoisotopic (exact) mass is 353 g/mol. The molecule has 138 valence electrons. The summed E-state index contributed by atoms with van der Waals surface area (Å²) in [5, 5.41) is 0. The second kappa shape index (κ2) is 8.56. The van der Waals surface area contributed by atoms with Gasteiger partial charge in [-0.1, -0.05) is 19.9 Å². The van der Waals surface area contributed by atoms with E-state index in [-0.39, 0.29) is 0 Å². The molecule has 3 rings (SSSR count). The second-order valence-electron chi connectivity index (χ2n) is 6.35. The fraction of sp³-hybridized carbons (Fsp3) is 0.400. The molecule has 0 atom stereocenters. The number of nitrogens with two attached hydrogens (primary N) is 1. The standard InChI is InChI=1S/C20H27N5O/c1-3-9-24(10-4-2)17-13-18(21)23-20(14-17)26-12-8-16-15-22-19-7-5-6-11-25(16)19/h5-7,11,13-15H,3-4,8-10,12H2,1-2H3,(H2,21,23). The van der Waals surface area contributed by atoms with E-state index in [1.807, 2.05) is 42.7 Å². The lowest BCUT2D eigenvalue weighted by molar-refractivity contribution is 0.308. The molecule has 0 unspecified atom stereocenters. The van der Waals surface area contributed by atoms with Crippen LogP contribution in [0, 0.1) is 0 Å². The SMILES string of the molecule is CCCN(CCC)c1cc(N)nc(OCCc2cnc3ccccn23)c1. The van der Waals surface area contributed by atoms with Gasteiger partial charge in [-0.05, 0) is 25.0 Å². The molecule has 3 aromatic heterocycles. The minimum absolute atomic E-state index is 0.490. The van der Waals surface area contributed by atoms with Gasteiger partial charge in [-0.25, -0.2) is 4.98 Å². The number of imidazole rings is 1. The predicted molar refractivity (Wildman–Crippen MR) is 106 cm³/mol. The highest BCUT2D eigenvalue weighted by atomic mass is 16.5. The lowest BCUT2D eigenvalue weighted by atomic mass is 10.3. The van der Waals surface area contributed by atoms with Gasteiger partial charge in [0.2, 0.25) is 5.88 Å². The van der Waals surface area contributed by atoms with Crippen molar-refractivity contribution in [3.63, 3.8) is 0 Å². The Balaban J connectivity index is 1.67. The summed E-state index contributed by atoms with van der Waals surface area (Å²) in [6.07, 6.45) is 6.84. The van der Waals surface area contributed by atoms with Crippen molar-refractivity contribution in [2.75, 3.05) is 30.3 Å². The molecular formula is C20H27N5O. The largest absolute Gasteiger partial charge is 0.477 e. The Morgan fingerprint density at radius 1 is 1.15 bits per heavy atom. The Labute approximate surface area is 154 Å². The van der Waals surface area contributed by atoms with Gasteiger partial charge in [0.25, 0.3) is 0 Å². The summed E-state index contributed by atoms with van der Waals surface area (Å²) >= 11 is 0. The molecule has 0 spiro atoms. The first-order valence-corrected chi connectivity index (χ1v) is 9.27. The number of nitrogens with zero attached hydrogens (tertiary/aromatic N) is 4. The Morgan fingerprint density at radius 3 is 2.73 bits per heavy atom. The van der Waals surface area contributed by atoms with Gasteiger partial charge in [0, 0.05) is 55.4 Å². The normalized spacial score (nSPS) is 11.0. The summed E-state index contributed by atoms with van der Waals surface area (Å²) < 4.78 is 7.97. The first kappa shape index (κ1) is 18.0. The topological polar surface area (TPSA) is 68.7 Å². The van der Waals surface area contributed by atoms with Gasteiger partial charge < -0.3 is 19.8 Å². The molecular weight excluding hydrogens is 326 g/mol. The van der Waals surface area contributed by atoms with Gasteiger partial charge >= 0.3 is 0 Å². The minimum Gasteiger partial charge on any atom is -0.477 e. The van der Waals surface area contributed by atoms with Crippen molar-refractivity contribution in [1.29, 1.82) is 0 Å². The Morgan fingerprint density at radius 2 is 1.96 bits per heavy atom. The summed E-state index contributed by atoms with van der Waals surface area (Å²) in [5.74, 6) is 1.07. The maximum atomic E-state index is 6.00. The van der Waals surface area contributed by atoms with E-state index in [4.69, 9.17) is 10.5 Å². The summed E-state index contributed by atoms with van der Waals surface area (Å²) in [7, 11) is 0. The van der Waals surface area contributed by atoms with Crippen molar-refractivity contribution in [3.05, 3.63) is 48.4 Å². The molecule has 0 fully saturated rings. The van der Waals surface area contributed by atoms with Crippen LogP contribution in [0.3, 0.4) is 0 Å². The van der Waals surface area contributed by atoms with E-state index < -0.39 is 0 Å². The molecule has 6 nitrogen and oxygen atoms in total. The molecule has 0 saturated heterocycles. The van der Waals surface area contributed by atoms with Crippen molar-refractivity contribution in [2.24, 2.45) is 0 Å². The number of pyridine rings is 2. The molecule has 6 heteroatoms. The fourth-order valence-electron chi connectivity index (χ4n) is 3.11. The van der Waals surface area contributed by atoms with Crippen LogP contribution >= 0.6 is 0 Å². The van der Waals surface area contributed by atoms with Crippen LogP contribution in [-0.4, -0.2) is 34.1 Å². The van der Waals surface area contributed by atoms with Crippen LogP contribution in [0.15, 0.2) is 42.7 Å². The summed E-state index contributed by atoms with van der Waals surface area (Å²) in [6, 6.07) is 9.88. The fourth-order valence-corrected chi connectivity index (χ4v) is 3.11. The molecule has 0 amide bonds. The first-order valence-electron chi connectivity index (χ1n) is 9.27. The highest BCUT2D eigenvalue weighted by molar-refractivity contribution is 5.55. The average Bonchev–Trinajstić information content (AvgIpc) is 3.04. The molecule has 26 heavy (non-hydrogen) atoms. The third-order valence-corrected chi connectivity index (χ3v) is 4.26. The number of hydrogen-bond acceptors (Lipinski definition) is 5. The summed E-state index contributed by atoms with van der Waals surface area (Å²) in [5.41, 5.74) is 9.13. The molecule has 0 radical (unpaired) electrons. The smallest absolute Gasteiger partial charge is 0.217 e. The van der Waals surface area contributed by atoms with E-state index >= 15 is 0 Å². The zero-order valence-corrected chi connectivity index (χ0v) is 15.6. The Hall–Kier alpha value is -2.76. The van der Waals surface area contributed by atoms with E-state index in [0.29, 0.717) is 18.3 Å². The lowest BCUT2D eigenvalue weighted by Gasteiger charge is -2.24. The van der Waals surface area contributed by atoms with E-state index in [1.165, 1.54) is 0 Å². The number of aromatic nitrogens is 3. The van der Waals surface area contributed by atoms with Gasteiger partial charge in [-0.15, -0.1) is 0 Å². The number of anilines is 2. The van der Waals surface area contributed by atoms with E-state index in [2.05, 4.69) is 33.1 Å². The predicted octanol–water partition coefficient (Wildman–Crippen LogP) is 3.56. The summed E-state index contributed by atoms with van der Waals surface area (Å²) in [6.45, 7) is 6.89. The zero-order valence-electron chi connectivity index (χ0n) is 15.6. The molecule has 0 aliphatic carbocycles. The maximum absolute atomic E-state index is 6.00. The third-order valence-electron chi connectivity index (χ3n) is 4.26. The van der Waals surface area contributed by atoms with Crippen molar-refractivity contribution in [1.82, 2.24) is 14.4 Å². The molecule has 0 aromatic carbocycles. The Bertz CT molecular complexity index is 839. The molecule has 0 aliphatic heterocycles. The van der Waals surface area contributed by atoms with Gasteiger partial charge in [-0.3, -0.25) is 0 Å². The minimum atomic E-state index is 0.490. The van der Waals surface area contributed by atoms with Crippen molar-refractivity contribution in [3.8, 4) is 5.88 Å². The number of nitrogen functional groups attached to an aromatic ring is 1. The number of rotatable bonds is 9. The highest BCUT2D eigenvalue weighted by Gasteiger charge is 2.09. The van der Waals surface area contributed by atoms with Crippen molar-refractivity contribution >= 4 is 17.2 Å². The van der Waals surface area contributed by atoms with Crippen LogP contribution < -0.4 is 15.4 Å². The van der Waals surface area contributed by atoms with Crippen LogP contribution in [0.2, 0.25) is 0 Å².